The first-order chi connectivity index (χ1) is 9.54. The molecule has 2 heterocycles. The minimum atomic E-state index is -0.695. The number of aromatic nitrogens is 3. The molecule has 6 nitrogen and oxygen atoms in total. The quantitative estimate of drug-likeness (QED) is 0.857. The van der Waals surface area contributed by atoms with Gasteiger partial charge < -0.3 is 5.11 Å². The first kappa shape index (κ1) is 15.0. The van der Waals surface area contributed by atoms with Gasteiger partial charge in [-0.15, -0.1) is 0 Å². The molecule has 1 unspecified atom stereocenters. The zero-order valence-corrected chi connectivity index (χ0v) is 12.3. The van der Waals surface area contributed by atoms with Crippen LogP contribution in [-0.2, 0) is 17.9 Å². The first-order valence-corrected chi connectivity index (χ1v) is 7.35. The molecule has 0 spiro atoms. The lowest BCUT2D eigenvalue weighted by Crippen LogP contribution is -2.36. The fraction of sp³-hybridized carbons (Fsp3) is 0.786. The highest BCUT2D eigenvalue weighted by Gasteiger charge is 2.23. The predicted octanol–water partition coefficient (Wildman–Crippen LogP) is 1.62. The van der Waals surface area contributed by atoms with Crippen LogP contribution in [0.15, 0.2) is 6.33 Å². The Hall–Kier alpha value is -1.43. The van der Waals surface area contributed by atoms with Crippen molar-refractivity contribution in [1.82, 2.24) is 19.7 Å². The van der Waals surface area contributed by atoms with Crippen molar-refractivity contribution in [3.63, 3.8) is 0 Å². The Bertz CT molecular complexity index is 444. The third kappa shape index (κ3) is 4.30. The van der Waals surface area contributed by atoms with Crippen molar-refractivity contribution in [2.24, 2.45) is 11.8 Å². The Morgan fingerprint density at radius 3 is 3.05 bits per heavy atom. The van der Waals surface area contributed by atoms with E-state index in [1.165, 1.54) is 0 Å². The highest BCUT2D eigenvalue weighted by atomic mass is 16.4. The Kier molecular flexibility index (Phi) is 5.11. The van der Waals surface area contributed by atoms with Crippen molar-refractivity contribution < 1.29 is 9.90 Å². The Morgan fingerprint density at radius 2 is 2.35 bits per heavy atom. The number of hydrogen-bond donors (Lipinski definition) is 1. The van der Waals surface area contributed by atoms with Gasteiger partial charge in [0.1, 0.15) is 12.2 Å². The largest absolute Gasteiger partial charge is 0.481 e. The summed E-state index contributed by atoms with van der Waals surface area (Å²) in [6, 6.07) is 0. The number of carbonyl (C=O) groups is 1. The summed E-state index contributed by atoms with van der Waals surface area (Å²) in [7, 11) is 0. The topological polar surface area (TPSA) is 71.2 Å². The SMILES string of the molecule is CC(C)Cn1ncnc1CN1CCCC(CC(=O)O)C1. The van der Waals surface area contributed by atoms with Crippen molar-refractivity contribution in [1.29, 1.82) is 0 Å². The van der Waals surface area contributed by atoms with Crippen molar-refractivity contribution in [2.45, 2.75) is 46.2 Å². The van der Waals surface area contributed by atoms with Crippen molar-refractivity contribution in [2.75, 3.05) is 13.1 Å². The summed E-state index contributed by atoms with van der Waals surface area (Å²) in [6.45, 7) is 7.83. The molecule has 20 heavy (non-hydrogen) atoms. The molecule has 0 aliphatic carbocycles. The number of nitrogens with zero attached hydrogens (tertiary/aromatic N) is 4. The molecule has 1 fully saturated rings. The maximum atomic E-state index is 10.8. The normalized spacial score (nSPS) is 20.4. The molecule has 1 atom stereocenters. The van der Waals surface area contributed by atoms with Crippen LogP contribution in [0.4, 0.5) is 0 Å². The molecule has 2 rings (SSSR count). The van der Waals surface area contributed by atoms with E-state index < -0.39 is 5.97 Å². The van der Waals surface area contributed by atoms with Gasteiger partial charge in [0.05, 0.1) is 6.54 Å². The van der Waals surface area contributed by atoms with Crippen molar-refractivity contribution in [3.8, 4) is 0 Å². The summed E-state index contributed by atoms with van der Waals surface area (Å²) < 4.78 is 1.96. The highest BCUT2D eigenvalue weighted by molar-refractivity contribution is 5.67. The molecule has 1 aliphatic rings. The summed E-state index contributed by atoms with van der Waals surface area (Å²) in [6.07, 6.45) is 3.96. The van der Waals surface area contributed by atoms with Crippen LogP contribution in [0.25, 0.3) is 0 Å². The molecule has 0 amide bonds. The van der Waals surface area contributed by atoms with E-state index in [0.29, 0.717) is 5.92 Å². The standard InChI is InChI=1S/C14H24N4O2/c1-11(2)7-18-13(15-10-16-18)9-17-5-3-4-12(8-17)6-14(19)20/h10-12H,3-9H2,1-2H3,(H,19,20). The molecule has 6 heteroatoms. The van der Waals surface area contributed by atoms with E-state index in [0.717, 1.165) is 44.8 Å². The van der Waals surface area contributed by atoms with E-state index in [2.05, 4.69) is 28.8 Å². The van der Waals surface area contributed by atoms with Gasteiger partial charge in [0.15, 0.2) is 0 Å². The molecule has 112 valence electrons. The number of rotatable bonds is 6. The summed E-state index contributed by atoms with van der Waals surface area (Å²) in [5.74, 6) is 1.09. The van der Waals surface area contributed by atoms with Gasteiger partial charge in [-0.1, -0.05) is 13.8 Å². The molecular formula is C14H24N4O2. The Labute approximate surface area is 119 Å². The molecule has 1 N–H and O–H groups in total. The number of likely N-dealkylation sites (tertiary alicyclic amines) is 1. The molecule has 1 saturated heterocycles. The van der Waals surface area contributed by atoms with Crippen LogP contribution in [0.3, 0.4) is 0 Å². The van der Waals surface area contributed by atoms with Crippen LogP contribution in [0.1, 0.15) is 38.9 Å². The third-order valence-electron chi connectivity index (χ3n) is 3.67. The summed E-state index contributed by atoms with van der Waals surface area (Å²) >= 11 is 0. The van der Waals surface area contributed by atoms with Crippen LogP contribution in [0, 0.1) is 11.8 Å². The number of aliphatic carboxylic acids is 1. The zero-order chi connectivity index (χ0) is 14.5. The zero-order valence-electron chi connectivity index (χ0n) is 12.3. The molecule has 0 radical (unpaired) electrons. The van der Waals surface area contributed by atoms with Gasteiger partial charge in [-0.3, -0.25) is 9.69 Å². The van der Waals surface area contributed by atoms with E-state index in [1.807, 2.05) is 4.68 Å². The second-order valence-corrected chi connectivity index (χ2v) is 6.09. The van der Waals surface area contributed by atoms with Crippen LogP contribution in [0.2, 0.25) is 0 Å². The van der Waals surface area contributed by atoms with Crippen LogP contribution in [-0.4, -0.2) is 43.8 Å². The van der Waals surface area contributed by atoms with Crippen LogP contribution >= 0.6 is 0 Å². The van der Waals surface area contributed by atoms with Crippen LogP contribution in [0.5, 0.6) is 0 Å². The Morgan fingerprint density at radius 1 is 1.55 bits per heavy atom. The Balaban J connectivity index is 1.92. The van der Waals surface area contributed by atoms with Gasteiger partial charge in [0.25, 0.3) is 0 Å². The van der Waals surface area contributed by atoms with Gasteiger partial charge in [-0.25, -0.2) is 9.67 Å². The molecule has 1 aliphatic heterocycles. The van der Waals surface area contributed by atoms with E-state index in [9.17, 15) is 4.79 Å². The second-order valence-electron chi connectivity index (χ2n) is 6.09. The number of carboxylic acid groups (broad SMARTS) is 1. The van der Waals surface area contributed by atoms with E-state index in [1.54, 1.807) is 6.33 Å². The molecule has 0 aromatic carbocycles. The van der Waals surface area contributed by atoms with Gasteiger partial charge in [-0.2, -0.15) is 5.10 Å². The lowest BCUT2D eigenvalue weighted by Gasteiger charge is -2.31. The first-order valence-electron chi connectivity index (χ1n) is 7.35. The molecule has 1 aromatic heterocycles. The van der Waals surface area contributed by atoms with Gasteiger partial charge in [-0.05, 0) is 31.2 Å². The fourth-order valence-electron chi connectivity index (χ4n) is 2.82. The highest BCUT2D eigenvalue weighted by Crippen LogP contribution is 2.20. The van der Waals surface area contributed by atoms with E-state index in [-0.39, 0.29) is 12.3 Å². The van der Waals surface area contributed by atoms with Crippen LogP contribution < -0.4 is 0 Å². The predicted molar refractivity (Wildman–Crippen MR) is 75.1 cm³/mol. The minimum absolute atomic E-state index is 0.266. The maximum absolute atomic E-state index is 10.8. The summed E-state index contributed by atoms with van der Waals surface area (Å²) in [4.78, 5) is 17.5. The molecular weight excluding hydrogens is 256 g/mol. The maximum Gasteiger partial charge on any atom is 0.303 e. The fourth-order valence-corrected chi connectivity index (χ4v) is 2.82. The summed E-state index contributed by atoms with van der Waals surface area (Å²) in [5.41, 5.74) is 0. The molecule has 1 aromatic rings. The minimum Gasteiger partial charge on any atom is -0.481 e. The lowest BCUT2D eigenvalue weighted by molar-refractivity contribution is -0.138. The monoisotopic (exact) mass is 280 g/mol. The van der Waals surface area contributed by atoms with Crippen molar-refractivity contribution >= 4 is 5.97 Å². The average Bonchev–Trinajstić information content (AvgIpc) is 2.75. The van der Waals surface area contributed by atoms with Gasteiger partial charge >= 0.3 is 5.97 Å². The smallest absolute Gasteiger partial charge is 0.303 e. The number of piperidine rings is 1. The van der Waals surface area contributed by atoms with E-state index in [4.69, 9.17) is 5.11 Å². The molecule has 0 bridgehead atoms. The lowest BCUT2D eigenvalue weighted by atomic mass is 9.95. The third-order valence-corrected chi connectivity index (χ3v) is 3.67. The second kappa shape index (κ2) is 6.83. The van der Waals surface area contributed by atoms with Gasteiger partial charge in [0.2, 0.25) is 0 Å². The average molecular weight is 280 g/mol. The van der Waals surface area contributed by atoms with Crippen molar-refractivity contribution in [3.05, 3.63) is 12.2 Å². The summed E-state index contributed by atoms with van der Waals surface area (Å²) in [5, 5.41) is 13.2. The van der Waals surface area contributed by atoms with Gasteiger partial charge in [0, 0.05) is 19.5 Å². The van der Waals surface area contributed by atoms with E-state index >= 15 is 0 Å². The number of carboxylic acids is 1. The number of hydrogen-bond acceptors (Lipinski definition) is 4. The molecule has 0 saturated carbocycles.